The fraction of sp³-hybridized carbons (Fsp3) is 1.00. The molecule has 0 amide bonds. The molecule has 96 valence electrons. The lowest BCUT2D eigenvalue weighted by molar-refractivity contribution is 0.155. The number of nitrogens with one attached hydrogen (secondary N) is 2. The Hall–Kier alpha value is -0.120. The van der Waals surface area contributed by atoms with Crippen molar-refractivity contribution < 1.29 is 5.11 Å². The second kappa shape index (κ2) is 8.04. The minimum Gasteiger partial charge on any atom is -0.392 e. The van der Waals surface area contributed by atoms with Gasteiger partial charge < -0.3 is 15.7 Å². The molecule has 3 unspecified atom stereocenters. The van der Waals surface area contributed by atoms with Gasteiger partial charge in [0.2, 0.25) is 0 Å². The zero-order chi connectivity index (χ0) is 11.8. The number of hydrogen-bond donors (Lipinski definition) is 3. The molecule has 0 bridgehead atoms. The average molecular weight is 228 g/mol. The highest BCUT2D eigenvalue weighted by molar-refractivity contribution is 4.77. The van der Waals surface area contributed by atoms with E-state index in [1.165, 1.54) is 32.2 Å². The fourth-order valence-electron chi connectivity index (χ4n) is 2.41. The van der Waals surface area contributed by atoms with Crippen LogP contribution in [-0.4, -0.2) is 36.4 Å². The maximum Gasteiger partial charge on any atom is 0.0664 e. The Morgan fingerprint density at radius 3 is 2.88 bits per heavy atom. The Morgan fingerprint density at radius 1 is 1.44 bits per heavy atom. The summed E-state index contributed by atoms with van der Waals surface area (Å²) in [5.74, 6) is 0. The molecule has 3 atom stereocenters. The number of aliphatic hydroxyl groups excluding tert-OH is 1. The quantitative estimate of drug-likeness (QED) is 0.621. The summed E-state index contributed by atoms with van der Waals surface area (Å²) < 4.78 is 0. The van der Waals surface area contributed by atoms with Crippen LogP contribution in [0.25, 0.3) is 0 Å². The van der Waals surface area contributed by atoms with Crippen molar-refractivity contribution in [3.63, 3.8) is 0 Å². The third-order valence-electron chi connectivity index (χ3n) is 3.37. The highest BCUT2D eigenvalue weighted by atomic mass is 16.3. The van der Waals surface area contributed by atoms with Gasteiger partial charge in [-0.1, -0.05) is 19.8 Å². The van der Waals surface area contributed by atoms with Gasteiger partial charge >= 0.3 is 0 Å². The lowest BCUT2D eigenvalue weighted by Gasteiger charge is -2.27. The molecule has 0 saturated carbocycles. The van der Waals surface area contributed by atoms with Crippen molar-refractivity contribution in [1.82, 2.24) is 10.6 Å². The van der Waals surface area contributed by atoms with E-state index in [2.05, 4.69) is 24.5 Å². The van der Waals surface area contributed by atoms with Crippen molar-refractivity contribution in [2.75, 3.05) is 13.1 Å². The van der Waals surface area contributed by atoms with Gasteiger partial charge in [0.15, 0.2) is 0 Å². The van der Waals surface area contributed by atoms with Crippen LogP contribution in [0.2, 0.25) is 0 Å². The zero-order valence-corrected chi connectivity index (χ0v) is 10.8. The summed E-state index contributed by atoms with van der Waals surface area (Å²) >= 11 is 0. The van der Waals surface area contributed by atoms with Gasteiger partial charge in [0.05, 0.1) is 6.10 Å². The summed E-state index contributed by atoms with van der Waals surface area (Å²) in [6.45, 7) is 6.24. The van der Waals surface area contributed by atoms with Crippen molar-refractivity contribution in [2.45, 2.75) is 70.6 Å². The van der Waals surface area contributed by atoms with Gasteiger partial charge in [-0.15, -0.1) is 0 Å². The Labute approximate surface area is 100 Å². The maximum absolute atomic E-state index is 9.63. The second-order valence-corrected chi connectivity index (χ2v) is 5.13. The van der Waals surface area contributed by atoms with Crippen LogP contribution in [0.15, 0.2) is 0 Å². The molecule has 3 nitrogen and oxygen atoms in total. The summed E-state index contributed by atoms with van der Waals surface area (Å²) in [5.41, 5.74) is 0. The van der Waals surface area contributed by atoms with Gasteiger partial charge in [-0.3, -0.25) is 0 Å². The molecular weight excluding hydrogens is 200 g/mol. The number of rotatable bonds is 7. The van der Waals surface area contributed by atoms with E-state index >= 15 is 0 Å². The Bertz CT molecular complexity index is 169. The van der Waals surface area contributed by atoms with Gasteiger partial charge in [0.1, 0.15) is 0 Å². The van der Waals surface area contributed by atoms with Gasteiger partial charge in [-0.25, -0.2) is 0 Å². The van der Waals surface area contributed by atoms with Crippen LogP contribution >= 0.6 is 0 Å². The first-order chi connectivity index (χ1) is 7.72. The predicted molar refractivity (Wildman–Crippen MR) is 68.6 cm³/mol. The summed E-state index contributed by atoms with van der Waals surface area (Å²) in [7, 11) is 0. The molecule has 1 rings (SSSR count). The van der Waals surface area contributed by atoms with E-state index in [-0.39, 0.29) is 6.10 Å². The van der Waals surface area contributed by atoms with Gasteiger partial charge in [0.25, 0.3) is 0 Å². The standard InChI is InChI=1S/C13H28N2O/c1-3-6-13(16)10-15-11(2)9-12-7-4-5-8-14-12/h11-16H,3-10H2,1-2H3. The molecule has 3 N–H and O–H groups in total. The van der Waals surface area contributed by atoms with Crippen LogP contribution < -0.4 is 10.6 Å². The van der Waals surface area contributed by atoms with Crippen LogP contribution in [0.1, 0.15) is 52.4 Å². The summed E-state index contributed by atoms with van der Waals surface area (Å²) in [6, 6.07) is 1.18. The first-order valence-electron chi connectivity index (χ1n) is 6.87. The van der Waals surface area contributed by atoms with Crippen LogP contribution in [-0.2, 0) is 0 Å². The molecule has 3 heteroatoms. The maximum atomic E-state index is 9.63. The van der Waals surface area contributed by atoms with Crippen LogP contribution in [0.5, 0.6) is 0 Å². The summed E-state index contributed by atoms with van der Waals surface area (Å²) in [5, 5.41) is 16.6. The van der Waals surface area contributed by atoms with Crippen molar-refractivity contribution in [3.8, 4) is 0 Å². The van der Waals surface area contributed by atoms with Crippen LogP contribution in [0.4, 0.5) is 0 Å². The van der Waals surface area contributed by atoms with Crippen LogP contribution in [0, 0.1) is 0 Å². The molecule has 1 aliphatic rings. The van der Waals surface area contributed by atoms with E-state index in [0.29, 0.717) is 12.1 Å². The van der Waals surface area contributed by atoms with Gasteiger partial charge in [-0.2, -0.15) is 0 Å². The van der Waals surface area contributed by atoms with Crippen molar-refractivity contribution >= 4 is 0 Å². The Morgan fingerprint density at radius 2 is 2.25 bits per heavy atom. The smallest absolute Gasteiger partial charge is 0.0664 e. The molecule has 16 heavy (non-hydrogen) atoms. The predicted octanol–water partition coefficient (Wildman–Crippen LogP) is 1.66. The largest absolute Gasteiger partial charge is 0.392 e. The highest BCUT2D eigenvalue weighted by Crippen LogP contribution is 2.11. The van der Waals surface area contributed by atoms with E-state index in [0.717, 1.165) is 19.4 Å². The molecule has 1 heterocycles. The minimum atomic E-state index is -0.174. The first kappa shape index (κ1) is 13.9. The SMILES string of the molecule is CCCC(O)CNC(C)CC1CCCCN1. The minimum absolute atomic E-state index is 0.174. The van der Waals surface area contributed by atoms with Crippen molar-refractivity contribution in [2.24, 2.45) is 0 Å². The first-order valence-corrected chi connectivity index (χ1v) is 6.87. The lowest BCUT2D eigenvalue weighted by Crippen LogP contribution is -2.41. The highest BCUT2D eigenvalue weighted by Gasteiger charge is 2.15. The van der Waals surface area contributed by atoms with E-state index in [1.807, 2.05) is 0 Å². The summed E-state index contributed by atoms with van der Waals surface area (Å²) in [6.07, 6.45) is 6.97. The normalized spacial score (nSPS) is 25.3. The monoisotopic (exact) mass is 228 g/mol. The molecular formula is C13H28N2O. The Balaban J connectivity index is 2.07. The lowest BCUT2D eigenvalue weighted by atomic mass is 9.99. The van der Waals surface area contributed by atoms with E-state index in [1.54, 1.807) is 0 Å². The molecule has 1 fully saturated rings. The number of piperidine rings is 1. The van der Waals surface area contributed by atoms with Crippen LogP contribution in [0.3, 0.4) is 0 Å². The topological polar surface area (TPSA) is 44.3 Å². The zero-order valence-electron chi connectivity index (χ0n) is 10.8. The van der Waals surface area contributed by atoms with E-state index in [9.17, 15) is 5.11 Å². The van der Waals surface area contributed by atoms with Crippen molar-refractivity contribution in [3.05, 3.63) is 0 Å². The number of hydrogen-bond acceptors (Lipinski definition) is 3. The molecule has 0 aliphatic carbocycles. The van der Waals surface area contributed by atoms with Gasteiger partial charge in [-0.05, 0) is 39.2 Å². The second-order valence-electron chi connectivity index (χ2n) is 5.13. The fourth-order valence-corrected chi connectivity index (χ4v) is 2.41. The number of aliphatic hydroxyl groups is 1. The molecule has 1 saturated heterocycles. The molecule has 1 aliphatic heterocycles. The van der Waals surface area contributed by atoms with E-state index < -0.39 is 0 Å². The summed E-state index contributed by atoms with van der Waals surface area (Å²) in [4.78, 5) is 0. The molecule has 0 aromatic rings. The molecule has 0 radical (unpaired) electrons. The molecule has 0 spiro atoms. The molecule has 0 aromatic heterocycles. The molecule has 0 aromatic carbocycles. The van der Waals surface area contributed by atoms with Gasteiger partial charge in [0, 0.05) is 18.6 Å². The third-order valence-corrected chi connectivity index (χ3v) is 3.37. The van der Waals surface area contributed by atoms with E-state index in [4.69, 9.17) is 0 Å². The average Bonchev–Trinajstić information content (AvgIpc) is 2.28. The van der Waals surface area contributed by atoms with Crippen molar-refractivity contribution in [1.29, 1.82) is 0 Å². The third kappa shape index (κ3) is 5.83. The Kier molecular flexibility index (Phi) is 7.01.